The Morgan fingerprint density at radius 2 is 2.04 bits per heavy atom. The molecule has 4 rings (SSSR count). The minimum Gasteiger partial charge on any atom is -0.378 e. The Balaban J connectivity index is 1.53. The maximum atomic E-state index is 11.9. The number of hydrogen-bond donors (Lipinski definition) is 2. The molecular weight excluding hydrogens is 356 g/mol. The number of morpholine rings is 1. The van der Waals surface area contributed by atoms with Crippen molar-refractivity contribution in [2.24, 2.45) is 11.7 Å². The van der Waals surface area contributed by atoms with E-state index in [-0.39, 0.29) is 6.04 Å². The van der Waals surface area contributed by atoms with E-state index in [1.54, 1.807) is 10.9 Å². The minimum atomic E-state index is -0.537. The highest BCUT2D eigenvalue weighted by Crippen LogP contribution is 2.41. The highest BCUT2D eigenvalue weighted by molar-refractivity contribution is 5.98. The molecule has 28 heavy (non-hydrogen) atoms. The quantitative estimate of drug-likeness (QED) is 0.763. The van der Waals surface area contributed by atoms with Crippen molar-refractivity contribution in [2.75, 3.05) is 36.5 Å². The molecule has 0 bridgehead atoms. The predicted octanol–water partition coefficient (Wildman–Crippen LogP) is 2.43. The number of anilines is 3. The van der Waals surface area contributed by atoms with Gasteiger partial charge in [-0.05, 0) is 43.0 Å². The van der Waals surface area contributed by atoms with Crippen LogP contribution < -0.4 is 16.0 Å². The van der Waals surface area contributed by atoms with Gasteiger partial charge >= 0.3 is 0 Å². The molecule has 1 saturated carbocycles. The molecule has 2 aliphatic rings. The van der Waals surface area contributed by atoms with Gasteiger partial charge in [-0.25, -0.2) is 0 Å². The maximum absolute atomic E-state index is 11.9. The van der Waals surface area contributed by atoms with Crippen molar-refractivity contribution in [1.82, 2.24) is 9.78 Å². The summed E-state index contributed by atoms with van der Waals surface area (Å²) in [5.41, 5.74) is 7.85. The number of nitrogens with one attached hydrogen (secondary N) is 1. The van der Waals surface area contributed by atoms with Gasteiger partial charge in [-0.3, -0.25) is 9.48 Å². The molecule has 1 atom stereocenters. The van der Waals surface area contributed by atoms with Crippen molar-refractivity contribution in [1.29, 1.82) is 5.26 Å². The smallest absolute Gasteiger partial charge is 0.254 e. The van der Waals surface area contributed by atoms with Crippen LogP contribution in [0.25, 0.3) is 0 Å². The van der Waals surface area contributed by atoms with Gasteiger partial charge < -0.3 is 20.7 Å². The van der Waals surface area contributed by atoms with Crippen molar-refractivity contribution >= 4 is 23.1 Å². The number of carbonyl (C=O) groups is 1. The highest BCUT2D eigenvalue weighted by Gasteiger charge is 2.33. The highest BCUT2D eigenvalue weighted by atomic mass is 16.5. The van der Waals surface area contributed by atoms with E-state index in [0.29, 0.717) is 23.7 Å². The van der Waals surface area contributed by atoms with E-state index in [9.17, 15) is 4.79 Å². The van der Waals surface area contributed by atoms with Crippen LogP contribution in [0.2, 0.25) is 0 Å². The number of aromatic nitrogens is 2. The Morgan fingerprint density at radius 3 is 2.64 bits per heavy atom. The third kappa shape index (κ3) is 3.94. The van der Waals surface area contributed by atoms with Crippen LogP contribution in [-0.4, -0.2) is 42.0 Å². The van der Waals surface area contributed by atoms with Crippen LogP contribution in [0, 0.1) is 17.2 Å². The van der Waals surface area contributed by atoms with Gasteiger partial charge in [0.1, 0.15) is 5.56 Å². The zero-order valence-corrected chi connectivity index (χ0v) is 15.7. The topological polar surface area (TPSA) is 109 Å². The van der Waals surface area contributed by atoms with Crippen LogP contribution in [-0.2, 0) is 4.74 Å². The van der Waals surface area contributed by atoms with E-state index in [4.69, 9.17) is 15.7 Å². The monoisotopic (exact) mass is 380 g/mol. The first-order valence-corrected chi connectivity index (χ1v) is 9.61. The molecule has 2 fully saturated rings. The van der Waals surface area contributed by atoms with E-state index >= 15 is 0 Å². The van der Waals surface area contributed by atoms with Crippen LogP contribution in [0.4, 0.5) is 17.2 Å². The van der Waals surface area contributed by atoms with Gasteiger partial charge in [0.05, 0.1) is 31.7 Å². The number of carbonyl (C=O) groups excluding carboxylic acids is 1. The Morgan fingerprint density at radius 1 is 1.32 bits per heavy atom. The van der Waals surface area contributed by atoms with Crippen molar-refractivity contribution in [3.8, 4) is 6.07 Å². The van der Waals surface area contributed by atoms with Gasteiger partial charge in [0.2, 0.25) is 0 Å². The number of ether oxygens (including phenoxy) is 1. The summed E-state index contributed by atoms with van der Waals surface area (Å²) in [6.07, 6.45) is 4.21. The van der Waals surface area contributed by atoms with Gasteiger partial charge in [-0.2, -0.15) is 10.4 Å². The molecule has 1 amide bonds. The number of nitriles is 1. The zero-order chi connectivity index (χ0) is 19.5. The van der Waals surface area contributed by atoms with Gasteiger partial charge in [0, 0.05) is 30.7 Å². The summed E-state index contributed by atoms with van der Waals surface area (Å²) in [5, 5.41) is 16.9. The molecular formula is C20H24N6O2. The number of nitrogens with two attached hydrogens (primary N) is 1. The standard InChI is InChI=1S/C20H24N6O2/c21-8-7-18(14-1-2-14)26-13-17(19(22)27)20(24-26)23-15-3-5-16(6-4-15)25-9-11-28-12-10-25/h3-6,13-14,18H,1-2,7,9-12H2,(H2,22,27)(H,23,24). The first-order chi connectivity index (χ1) is 13.7. The van der Waals surface area contributed by atoms with Gasteiger partial charge in [0.25, 0.3) is 5.91 Å². The summed E-state index contributed by atoms with van der Waals surface area (Å²) < 4.78 is 7.12. The Hall–Kier alpha value is -3.05. The second kappa shape index (κ2) is 7.90. The van der Waals surface area contributed by atoms with E-state index < -0.39 is 5.91 Å². The summed E-state index contributed by atoms with van der Waals surface area (Å²) in [6.45, 7) is 3.24. The van der Waals surface area contributed by atoms with Crippen LogP contribution in [0.3, 0.4) is 0 Å². The molecule has 1 aromatic carbocycles. The van der Waals surface area contributed by atoms with E-state index in [2.05, 4.69) is 21.4 Å². The number of amides is 1. The van der Waals surface area contributed by atoms with Crippen LogP contribution in [0.5, 0.6) is 0 Å². The molecule has 1 unspecified atom stereocenters. The summed E-state index contributed by atoms with van der Waals surface area (Å²) in [4.78, 5) is 14.2. The molecule has 8 heteroatoms. The van der Waals surface area contributed by atoms with Crippen molar-refractivity contribution in [2.45, 2.75) is 25.3 Å². The Bertz CT molecular complexity index is 875. The minimum absolute atomic E-state index is 0.0117. The molecule has 1 aliphatic carbocycles. The van der Waals surface area contributed by atoms with E-state index in [0.717, 1.165) is 50.5 Å². The van der Waals surface area contributed by atoms with Crippen molar-refractivity contribution in [3.63, 3.8) is 0 Å². The number of benzene rings is 1. The van der Waals surface area contributed by atoms with E-state index in [1.165, 1.54) is 0 Å². The second-order valence-corrected chi connectivity index (χ2v) is 7.27. The lowest BCUT2D eigenvalue weighted by Gasteiger charge is -2.28. The number of nitrogens with zero attached hydrogens (tertiary/aromatic N) is 4. The van der Waals surface area contributed by atoms with Gasteiger partial charge in [-0.1, -0.05) is 0 Å². The number of hydrogen-bond acceptors (Lipinski definition) is 6. The summed E-state index contributed by atoms with van der Waals surface area (Å²) in [6, 6.07) is 10.2. The first kappa shape index (κ1) is 18.3. The lowest BCUT2D eigenvalue weighted by molar-refractivity contribution is 0.100. The molecule has 0 spiro atoms. The summed E-state index contributed by atoms with van der Waals surface area (Å²) in [5.74, 6) is 0.335. The third-order valence-electron chi connectivity index (χ3n) is 5.31. The third-order valence-corrected chi connectivity index (χ3v) is 5.31. The SMILES string of the molecule is N#CCC(C1CC1)n1cc(C(N)=O)c(Nc2ccc(N3CCOCC3)cc2)n1. The van der Waals surface area contributed by atoms with Crippen LogP contribution >= 0.6 is 0 Å². The fraction of sp³-hybridized carbons (Fsp3) is 0.450. The zero-order valence-electron chi connectivity index (χ0n) is 15.7. The molecule has 0 radical (unpaired) electrons. The molecule has 3 N–H and O–H groups in total. The van der Waals surface area contributed by atoms with Crippen molar-refractivity contribution in [3.05, 3.63) is 36.0 Å². The van der Waals surface area contributed by atoms with E-state index in [1.807, 2.05) is 24.3 Å². The molecule has 2 aromatic rings. The fourth-order valence-corrected chi connectivity index (χ4v) is 3.60. The number of rotatable bonds is 7. The number of primary amides is 1. The predicted molar refractivity (Wildman–Crippen MR) is 105 cm³/mol. The molecule has 146 valence electrons. The average Bonchev–Trinajstić information content (AvgIpc) is 3.47. The lowest BCUT2D eigenvalue weighted by atomic mass is 10.1. The first-order valence-electron chi connectivity index (χ1n) is 9.61. The average molecular weight is 380 g/mol. The molecule has 1 aromatic heterocycles. The molecule has 1 saturated heterocycles. The molecule has 1 aliphatic heterocycles. The maximum Gasteiger partial charge on any atom is 0.254 e. The van der Waals surface area contributed by atoms with Crippen LogP contribution in [0.15, 0.2) is 30.5 Å². The van der Waals surface area contributed by atoms with Gasteiger partial charge in [0.15, 0.2) is 5.82 Å². The Kier molecular flexibility index (Phi) is 5.17. The van der Waals surface area contributed by atoms with Gasteiger partial charge in [-0.15, -0.1) is 0 Å². The van der Waals surface area contributed by atoms with Crippen molar-refractivity contribution < 1.29 is 9.53 Å². The largest absolute Gasteiger partial charge is 0.378 e. The van der Waals surface area contributed by atoms with Crippen LogP contribution in [0.1, 0.15) is 35.7 Å². The second-order valence-electron chi connectivity index (χ2n) is 7.27. The fourth-order valence-electron chi connectivity index (χ4n) is 3.60. The lowest BCUT2D eigenvalue weighted by Crippen LogP contribution is -2.36. The summed E-state index contributed by atoms with van der Waals surface area (Å²) >= 11 is 0. The Labute approximate surface area is 163 Å². The summed E-state index contributed by atoms with van der Waals surface area (Å²) in [7, 11) is 0. The normalized spacial score (nSPS) is 17.8. The molecule has 2 heterocycles. The molecule has 8 nitrogen and oxygen atoms in total.